The summed E-state index contributed by atoms with van der Waals surface area (Å²) < 4.78 is 10.2. The number of hydroxylamine groups is 2. The van der Waals surface area contributed by atoms with Crippen molar-refractivity contribution in [1.29, 1.82) is 0 Å². The first-order chi connectivity index (χ1) is 18.4. The highest BCUT2D eigenvalue weighted by atomic mass is 35.5. The summed E-state index contributed by atoms with van der Waals surface area (Å²) in [6.07, 6.45) is 1.68. The van der Waals surface area contributed by atoms with E-state index in [0.717, 1.165) is 12.0 Å². The Morgan fingerprint density at radius 3 is 2.42 bits per heavy atom. The SMILES string of the molecule is COC(=O)c1ccc(ON2CCC[C@@H]2C(=O)Cc2ccc(NC(=O)Nc3ccccc3Cl)c(OC)c2)cc1. The standard InChI is InChI=1S/C28H28ClN3O6/c1-36-26-17-18(9-14-23(26)31-28(35)30-22-7-4-3-6-21(22)29)16-25(33)24-8-5-15-32(24)38-20-12-10-19(11-13-20)27(34)37-2/h3-4,6-7,9-14,17,24H,5,8,15-16H2,1-2H3,(H2,30,31,35)/t24-/m1/s1. The van der Waals surface area contributed by atoms with E-state index in [9.17, 15) is 14.4 Å². The third-order valence-corrected chi connectivity index (χ3v) is 6.42. The topological polar surface area (TPSA) is 106 Å². The van der Waals surface area contributed by atoms with E-state index in [1.165, 1.54) is 14.2 Å². The molecule has 4 rings (SSSR count). The van der Waals surface area contributed by atoms with E-state index in [4.69, 9.17) is 25.9 Å². The minimum Gasteiger partial charge on any atom is -0.495 e. The van der Waals surface area contributed by atoms with Crippen LogP contribution in [0.3, 0.4) is 0 Å². The van der Waals surface area contributed by atoms with Gasteiger partial charge >= 0.3 is 12.0 Å². The maximum absolute atomic E-state index is 13.2. The first-order valence-corrected chi connectivity index (χ1v) is 12.4. The third-order valence-electron chi connectivity index (χ3n) is 6.09. The molecule has 3 aromatic carbocycles. The number of anilines is 2. The molecule has 2 amide bonds. The fourth-order valence-electron chi connectivity index (χ4n) is 4.18. The molecule has 0 radical (unpaired) electrons. The molecule has 1 fully saturated rings. The van der Waals surface area contributed by atoms with E-state index < -0.39 is 18.0 Å². The van der Waals surface area contributed by atoms with Gasteiger partial charge in [0.25, 0.3) is 0 Å². The molecule has 1 aliphatic heterocycles. The lowest BCUT2D eigenvalue weighted by atomic mass is 10.0. The number of methoxy groups -OCH3 is 2. The van der Waals surface area contributed by atoms with Crippen LogP contribution in [0.25, 0.3) is 0 Å². The Balaban J connectivity index is 1.37. The first-order valence-electron chi connectivity index (χ1n) is 12.0. The van der Waals surface area contributed by atoms with Gasteiger partial charge in [0.15, 0.2) is 5.78 Å². The Bertz CT molecular complexity index is 1310. The number of nitrogens with zero attached hydrogens (tertiary/aromatic N) is 1. The zero-order valence-electron chi connectivity index (χ0n) is 21.0. The van der Waals surface area contributed by atoms with E-state index in [2.05, 4.69) is 10.6 Å². The van der Waals surface area contributed by atoms with Crippen molar-refractivity contribution >= 4 is 40.8 Å². The van der Waals surface area contributed by atoms with Crippen LogP contribution in [0, 0.1) is 0 Å². The Labute approximate surface area is 225 Å². The van der Waals surface area contributed by atoms with Crippen molar-refractivity contribution in [3.63, 3.8) is 0 Å². The minimum atomic E-state index is -0.474. The molecule has 2 N–H and O–H groups in total. The van der Waals surface area contributed by atoms with Gasteiger partial charge in [-0.3, -0.25) is 4.79 Å². The number of carbonyl (C=O) groups excluding carboxylic acids is 3. The monoisotopic (exact) mass is 537 g/mol. The minimum absolute atomic E-state index is 0.00732. The molecular weight excluding hydrogens is 510 g/mol. The van der Waals surface area contributed by atoms with E-state index in [1.54, 1.807) is 71.8 Å². The predicted octanol–water partition coefficient (Wildman–Crippen LogP) is 5.35. The molecule has 9 nitrogen and oxygen atoms in total. The van der Waals surface area contributed by atoms with Gasteiger partial charge < -0.3 is 24.9 Å². The zero-order chi connectivity index (χ0) is 27.1. The summed E-state index contributed by atoms with van der Waals surface area (Å²) in [5.74, 6) is 0.538. The zero-order valence-corrected chi connectivity index (χ0v) is 21.8. The summed E-state index contributed by atoms with van der Waals surface area (Å²) in [7, 11) is 2.82. The molecule has 0 spiro atoms. The van der Waals surface area contributed by atoms with Crippen LogP contribution >= 0.6 is 11.6 Å². The summed E-state index contributed by atoms with van der Waals surface area (Å²) in [6.45, 7) is 0.613. The van der Waals surface area contributed by atoms with Crippen LogP contribution in [0.5, 0.6) is 11.5 Å². The number of benzene rings is 3. The summed E-state index contributed by atoms with van der Waals surface area (Å²) in [4.78, 5) is 43.2. The molecule has 0 unspecified atom stereocenters. The van der Waals surface area contributed by atoms with E-state index >= 15 is 0 Å². The number of hydrogen-bond donors (Lipinski definition) is 2. The average molecular weight is 538 g/mol. The maximum atomic E-state index is 13.2. The molecule has 1 heterocycles. The molecule has 1 saturated heterocycles. The van der Waals surface area contributed by atoms with Crippen molar-refractivity contribution in [3.05, 3.63) is 82.9 Å². The van der Waals surface area contributed by atoms with Crippen LogP contribution in [-0.2, 0) is 16.0 Å². The number of nitrogens with one attached hydrogen (secondary N) is 2. The second-order valence-corrected chi connectivity index (χ2v) is 9.05. The molecule has 0 bridgehead atoms. The van der Waals surface area contributed by atoms with Crippen LogP contribution in [0.1, 0.15) is 28.8 Å². The lowest BCUT2D eigenvalue weighted by molar-refractivity contribution is -0.135. The van der Waals surface area contributed by atoms with Crippen LogP contribution in [-0.4, -0.2) is 49.7 Å². The molecule has 0 aromatic heterocycles. The molecule has 3 aromatic rings. The molecular formula is C28H28ClN3O6. The van der Waals surface area contributed by atoms with Gasteiger partial charge in [-0.1, -0.05) is 29.8 Å². The third kappa shape index (κ3) is 6.62. The van der Waals surface area contributed by atoms with Crippen molar-refractivity contribution in [1.82, 2.24) is 5.06 Å². The van der Waals surface area contributed by atoms with E-state index in [0.29, 0.717) is 46.4 Å². The van der Waals surface area contributed by atoms with Gasteiger partial charge in [0.2, 0.25) is 0 Å². The highest BCUT2D eigenvalue weighted by Gasteiger charge is 2.32. The van der Waals surface area contributed by atoms with Gasteiger partial charge in [0.1, 0.15) is 17.5 Å². The molecule has 10 heteroatoms. The summed E-state index contributed by atoms with van der Waals surface area (Å²) in [5, 5.41) is 7.55. The van der Waals surface area contributed by atoms with E-state index in [1.807, 2.05) is 0 Å². The molecule has 198 valence electrons. The van der Waals surface area contributed by atoms with Crippen molar-refractivity contribution in [2.45, 2.75) is 25.3 Å². The van der Waals surface area contributed by atoms with Gasteiger partial charge in [-0.2, -0.15) is 0 Å². The van der Waals surface area contributed by atoms with Crippen LogP contribution in [0.4, 0.5) is 16.2 Å². The van der Waals surface area contributed by atoms with Crippen molar-refractivity contribution in [2.75, 3.05) is 31.4 Å². The summed E-state index contributed by atoms with van der Waals surface area (Å²) >= 11 is 6.10. The number of ketones is 1. The molecule has 0 saturated carbocycles. The number of Topliss-reactive ketones (excluding diaryl/α,β-unsaturated/α-hetero) is 1. The number of amides is 2. The van der Waals surface area contributed by atoms with Gasteiger partial charge in [-0.15, -0.1) is 5.06 Å². The number of rotatable bonds is 9. The number of ether oxygens (including phenoxy) is 2. The van der Waals surface area contributed by atoms with Gasteiger partial charge in [0.05, 0.1) is 36.2 Å². The van der Waals surface area contributed by atoms with E-state index in [-0.39, 0.29) is 12.2 Å². The quantitative estimate of drug-likeness (QED) is 0.354. The van der Waals surface area contributed by atoms with Crippen LogP contribution < -0.4 is 20.2 Å². The van der Waals surface area contributed by atoms with Crippen molar-refractivity contribution < 1.29 is 28.7 Å². The number of carbonyl (C=O) groups is 3. The van der Waals surface area contributed by atoms with Crippen LogP contribution in [0.2, 0.25) is 5.02 Å². The molecule has 0 aliphatic carbocycles. The number of urea groups is 1. The van der Waals surface area contributed by atoms with Crippen molar-refractivity contribution in [2.24, 2.45) is 0 Å². The Hall–Kier alpha value is -4.08. The number of halogens is 1. The molecule has 1 aliphatic rings. The number of para-hydroxylation sites is 1. The van der Waals surface area contributed by atoms with Crippen molar-refractivity contribution in [3.8, 4) is 11.5 Å². The average Bonchev–Trinajstić information content (AvgIpc) is 3.39. The molecule has 38 heavy (non-hydrogen) atoms. The summed E-state index contributed by atoms with van der Waals surface area (Å²) in [6, 6.07) is 17.8. The second kappa shape index (κ2) is 12.4. The van der Waals surface area contributed by atoms with Gasteiger partial charge in [-0.05, 0) is 66.9 Å². The highest BCUT2D eigenvalue weighted by Crippen LogP contribution is 2.28. The fourth-order valence-corrected chi connectivity index (χ4v) is 4.37. The molecule has 1 atom stereocenters. The lowest BCUT2D eigenvalue weighted by Crippen LogP contribution is -2.39. The van der Waals surface area contributed by atoms with Gasteiger partial charge in [0, 0.05) is 13.0 Å². The van der Waals surface area contributed by atoms with Gasteiger partial charge in [-0.25, -0.2) is 9.59 Å². The fraction of sp³-hybridized carbons (Fsp3) is 0.250. The largest absolute Gasteiger partial charge is 0.495 e. The first kappa shape index (κ1) is 27.0. The Morgan fingerprint density at radius 2 is 1.71 bits per heavy atom. The lowest BCUT2D eigenvalue weighted by Gasteiger charge is -2.23. The predicted molar refractivity (Wildman–Crippen MR) is 144 cm³/mol. The highest BCUT2D eigenvalue weighted by molar-refractivity contribution is 6.33. The smallest absolute Gasteiger partial charge is 0.337 e. The Kier molecular flexibility index (Phi) is 8.83. The van der Waals surface area contributed by atoms with Crippen LogP contribution in [0.15, 0.2) is 66.7 Å². The normalized spacial score (nSPS) is 15.0. The second-order valence-electron chi connectivity index (χ2n) is 8.64. The maximum Gasteiger partial charge on any atom is 0.337 e. The Morgan fingerprint density at radius 1 is 0.974 bits per heavy atom. The number of esters is 1. The number of hydrogen-bond acceptors (Lipinski definition) is 7. The summed E-state index contributed by atoms with van der Waals surface area (Å²) in [5.41, 5.74) is 2.10.